The van der Waals surface area contributed by atoms with Crippen LogP contribution >= 0.6 is 0 Å². The van der Waals surface area contributed by atoms with E-state index in [1.165, 1.54) is 11.1 Å². The molecule has 1 N–H and O–H groups in total. The minimum Gasteiger partial charge on any atom is -0.368 e. The van der Waals surface area contributed by atoms with Crippen molar-refractivity contribution in [1.29, 1.82) is 0 Å². The van der Waals surface area contributed by atoms with Gasteiger partial charge in [0.05, 0.1) is 6.04 Å². The van der Waals surface area contributed by atoms with Gasteiger partial charge in [0.15, 0.2) is 0 Å². The average molecular weight is 378 g/mol. The standard InChI is InChI=1S/C23H26N2O3/c1-16-9-11-17(12-10-16)20-7-3-13-25(20)23(27)18-5-2-6-19(15-18)24-22(26)21-8-4-14-28-21/h2,5-6,9-12,15,20-21H,3-4,7-8,13-14H2,1H3,(H,24,26)/t20-,21-/m0/s1. The van der Waals surface area contributed by atoms with Crippen molar-refractivity contribution in [3.05, 3.63) is 65.2 Å². The molecule has 146 valence electrons. The molecule has 2 fully saturated rings. The molecule has 0 radical (unpaired) electrons. The van der Waals surface area contributed by atoms with Crippen LogP contribution in [0.25, 0.3) is 0 Å². The number of rotatable bonds is 4. The quantitative estimate of drug-likeness (QED) is 0.872. The zero-order chi connectivity index (χ0) is 19.5. The second-order valence-electron chi connectivity index (χ2n) is 7.64. The van der Waals surface area contributed by atoms with Gasteiger partial charge in [-0.3, -0.25) is 9.59 Å². The Bertz CT molecular complexity index is 856. The summed E-state index contributed by atoms with van der Waals surface area (Å²) in [6.07, 6.45) is 3.25. The van der Waals surface area contributed by atoms with E-state index in [1.54, 1.807) is 6.07 Å². The van der Waals surface area contributed by atoms with E-state index in [9.17, 15) is 9.59 Å². The van der Waals surface area contributed by atoms with E-state index in [0.29, 0.717) is 17.9 Å². The molecule has 0 bridgehead atoms. The van der Waals surface area contributed by atoms with Gasteiger partial charge in [0.1, 0.15) is 6.10 Å². The van der Waals surface area contributed by atoms with Crippen LogP contribution in [0.2, 0.25) is 0 Å². The fourth-order valence-electron chi connectivity index (χ4n) is 4.05. The van der Waals surface area contributed by atoms with Crippen molar-refractivity contribution in [3.8, 4) is 0 Å². The number of ether oxygens (including phenoxy) is 1. The van der Waals surface area contributed by atoms with Crippen molar-refractivity contribution in [2.24, 2.45) is 0 Å². The number of nitrogens with one attached hydrogen (secondary N) is 1. The fourth-order valence-corrected chi connectivity index (χ4v) is 4.05. The van der Waals surface area contributed by atoms with E-state index in [0.717, 1.165) is 32.2 Å². The first-order chi connectivity index (χ1) is 13.6. The minimum atomic E-state index is -0.385. The van der Waals surface area contributed by atoms with Crippen molar-refractivity contribution < 1.29 is 14.3 Å². The summed E-state index contributed by atoms with van der Waals surface area (Å²) in [5.74, 6) is -0.128. The van der Waals surface area contributed by atoms with Gasteiger partial charge in [-0.1, -0.05) is 35.9 Å². The Hall–Kier alpha value is -2.66. The first-order valence-electron chi connectivity index (χ1n) is 10.0. The number of carbonyl (C=O) groups is 2. The molecule has 2 atom stereocenters. The first kappa shape index (κ1) is 18.7. The number of hydrogen-bond donors (Lipinski definition) is 1. The molecule has 5 nitrogen and oxygen atoms in total. The summed E-state index contributed by atoms with van der Waals surface area (Å²) in [6, 6.07) is 15.7. The highest BCUT2D eigenvalue weighted by molar-refractivity contribution is 5.98. The number of nitrogens with zero attached hydrogens (tertiary/aromatic N) is 1. The van der Waals surface area contributed by atoms with Crippen LogP contribution in [0.3, 0.4) is 0 Å². The smallest absolute Gasteiger partial charge is 0.254 e. The largest absolute Gasteiger partial charge is 0.368 e. The van der Waals surface area contributed by atoms with E-state index in [4.69, 9.17) is 4.74 Å². The fraction of sp³-hybridized carbons (Fsp3) is 0.391. The topological polar surface area (TPSA) is 58.6 Å². The van der Waals surface area contributed by atoms with Gasteiger partial charge < -0.3 is 15.0 Å². The Kier molecular flexibility index (Phi) is 5.44. The number of aryl methyl sites for hydroxylation is 1. The maximum atomic E-state index is 13.2. The molecular weight excluding hydrogens is 352 g/mol. The molecule has 2 saturated heterocycles. The van der Waals surface area contributed by atoms with Crippen LogP contribution in [-0.4, -0.2) is 36.0 Å². The minimum absolute atomic E-state index is 0.0105. The monoisotopic (exact) mass is 378 g/mol. The Morgan fingerprint density at radius 3 is 2.64 bits per heavy atom. The maximum absolute atomic E-state index is 13.2. The molecule has 0 aliphatic carbocycles. The molecule has 0 spiro atoms. The molecule has 5 heteroatoms. The van der Waals surface area contributed by atoms with Gasteiger partial charge in [0, 0.05) is 24.4 Å². The molecule has 2 amide bonds. The second-order valence-corrected chi connectivity index (χ2v) is 7.64. The highest BCUT2D eigenvalue weighted by atomic mass is 16.5. The molecule has 2 aliphatic heterocycles. The predicted octanol–water partition coefficient (Wildman–Crippen LogP) is 4.09. The molecule has 2 aromatic rings. The van der Waals surface area contributed by atoms with Crippen LogP contribution in [0.1, 0.15) is 53.2 Å². The summed E-state index contributed by atoms with van der Waals surface area (Å²) < 4.78 is 5.43. The van der Waals surface area contributed by atoms with E-state index in [1.807, 2.05) is 23.1 Å². The number of carbonyl (C=O) groups excluding carboxylic acids is 2. The molecule has 2 aromatic carbocycles. The second kappa shape index (κ2) is 8.15. The van der Waals surface area contributed by atoms with Crippen LogP contribution in [0.4, 0.5) is 5.69 Å². The van der Waals surface area contributed by atoms with Crippen molar-refractivity contribution in [1.82, 2.24) is 4.90 Å². The Morgan fingerprint density at radius 1 is 1.07 bits per heavy atom. The van der Waals surface area contributed by atoms with Crippen molar-refractivity contribution in [2.45, 2.75) is 44.8 Å². The zero-order valence-corrected chi connectivity index (χ0v) is 16.2. The lowest BCUT2D eigenvalue weighted by molar-refractivity contribution is -0.124. The Balaban J connectivity index is 1.49. The molecule has 2 aliphatic rings. The number of benzene rings is 2. The molecule has 2 heterocycles. The van der Waals surface area contributed by atoms with Crippen molar-refractivity contribution in [2.75, 3.05) is 18.5 Å². The third-order valence-corrected chi connectivity index (χ3v) is 5.57. The third-order valence-electron chi connectivity index (χ3n) is 5.57. The summed E-state index contributed by atoms with van der Waals surface area (Å²) >= 11 is 0. The zero-order valence-electron chi connectivity index (χ0n) is 16.2. The normalized spacial score (nSPS) is 21.7. The van der Waals surface area contributed by atoms with Gasteiger partial charge in [-0.2, -0.15) is 0 Å². The third kappa shape index (κ3) is 3.94. The summed E-state index contributed by atoms with van der Waals surface area (Å²) in [5.41, 5.74) is 3.63. The maximum Gasteiger partial charge on any atom is 0.254 e. The lowest BCUT2D eigenvalue weighted by Crippen LogP contribution is -2.31. The van der Waals surface area contributed by atoms with Gasteiger partial charge in [-0.05, 0) is 56.4 Å². The first-order valence-corrected chi connectivity index (χ1v) is 10.0. The van der Waals surface area contributed by atoms with Gasteiger partial charge in [0.25, 0.3) is 11.8 Å². The molecule has 28 heavy (non-hydrogen) atoms. The summed E-state index contributed by atoms with van der Waals surface area (Å²) in [5, 5.41) is 2.88. The van der Waals surface area contributed by atoms with E-state index in [2.05, 4.69) is 36.5 Å². The van der Waals surface area contributed by atoms with Crippen LogP contribution < -0.4 is 5.32 Å². The summed E-state index contributed by atoms with van der Waals surface area (Å²) in [7, 11) is 0. The summed E-state index contributed by atoms with van der Waals surface area (Å²) in [4.78, 5) is 27.4. The lowest BCUT2D eigenvalue weighted by atomic mass is 10.0. The van der Waals surface area contributed by atoms with Gasteiger partial charge in [-0.25, -0.2) is 0 Å². The van der Waals surface area contributed by atoms with Crippen molar-refractivity contribution in [3.63, 3.8) is 0 Å². The highest BCUT2D eigenvalue weighted by Crippen LogP contribution is 2.33. The predicted molar refractivity (Wildman–Crippen MR) is 108 cm³/mol. The Morgan fingerprint density at radius 2 is 1.89 bits per heavy atom. The van der Waals surface area contributed by atoms with E-state index < -0.39 is 0 Å². The van der Waals surface area contributed by atoms with Gasteiger partial charge >= 0.3 is 0 Å². The molecule has 0 aromatic heterocycles. The molecular formula is C23H26N2O3. The van der Waals surface area contributed by atoms with Crippen LogP contribution in [0, 0.1) is 6.92 Å². The number of amides is 2. The highest BCUT2D eigenvalue weighted by Gasteiger charge is 2.31. The SMILES string of the molecule is Cc1ccc([C@@H]2CCCN2C(=O)c2cccc(NC(=O)[C@@H]3CCCO3)c2)cc1. The number of hydrogen-bond acceptors (Lipinski definition) is 3. The van der Waals surface area contributed by atoms with Gasteiger partial charge in [-0.15, -0.1) is 0 Å². The molecule has 0 saturated carbocycles. The van der Waals surface area contributed by atoms with E-state index in [-0.39, 0.29) is 24.0 Å². The van der Waals surface area contributed by atoms with Crippen LogP contribution in [0.5, 0.6) is 0 Å². The summed E-state index contributed by atoms with van der Waals surface area (Å²) in [6.45, 7) is 3.45. The number of anilines is 1. The lowest BCUT2D eigenvalue weighted by Gasteiger charge is -2.25. The molecule has 0 unspecified atom stereocenters. The van der Waals surface area contributed by atoms with Crippen molar-refractivity contribution >= 4 is 17.5 Å². The number of likely N-dealkylation sites (tertiary alicyclic amines) is 1. The van der Waals surface area contributed by atoms with E-state index >= 15 is 0 Å². The Labute approximate surface area is 165 Å². The molecule has 4 rings (SSSR count). The van der Waals surface area contributed by atoms with Gasteiger partial charge in [0.2, 0.25) is 0 Å². The van der Waals surface area contributed by atoms with Crippen LogP contribution in [-0.2, 0) is 9.53 Å². The average Bonchev–Trinajstić information content (AvgIpc) is 3.40. The van der Waals surface area contributed by atoms with Crippen LogP contribution in [0.15, 0.2) is 48.5 Å².